The van der Waals surface area contributed by atoms with Gasteiger partial charge in [-0.25, -0.2) is 17.2 Å². The van der Waals surface area contributed by atoms with E-state index in [1.54, 1.807) is 0 Å². The number of nitrogens with two attached hydrogens (primary N) is 1. The van der Waals surface area contributed by atoms with Crippen LogP contribution < -0.4 is 10.5 Å². The summed E-state index contributed by atoms with van der Waals surface area (Å²) in [5.74, 6) is -1.55. The molecule has 4 nitrogen and oxygen atoms in total. The number of halogens is 3. The molecule has 2 rings (SSSR count). The second-order valence-electron chi connectivity index (χ2n) is 3.95. The SMILES string of the molecule is Nc1ccc(S(=O)(=O)Nc2cc(F)cc(Cl)c2)cc1F. The molecule has 0 saturated heterocycles. The van der Waals surface area contributed by atoms with E-state index in [1.165, 1.54) is 6.07 Å². The maximum Gasteiger partial charge on any atom is 0.262 e. The monoisotopic (exact) mass is 318 g/mol. The average molecular weight is 319 g/mol. The van der Waals surface area contributed by atoms with Crippen LogP contribution >= 0.6 is 11.6 Å². The number of anilines is 2. The summed E-state index contributed by atoms with van der Waals surface area (Å²) in [5.41, 5.74) is 5.04. The van der Waals surface area contributed by atoms with E-state index >= 15 is 0 Å². The highest BCUT2D eigenvalue weighted by Crippen LogP contribution is 2.22. The number of hydrogen-bond donors (Lipinski definition) is 2. The summed E-state index contributed by atoms with van der Waals surface area (Å²) >= 11 is 5.62. The molecule has 8 heteroatoms. The third kappa shape index (κ3) is 3.17. The van der Waals surface area contributed by atoms with Gasteiger partial charge < -0.3 is 5.73 Å². The predicted molar refractivity (Wildman–Crippen MR) is 73.0 cm³/mol. The predicted octanol–water partition coefficient (Wildman–Crippen LogP) is 3.00. The van der Waals surface area contributed by atoms with Crippen LogP contribution in [0.4, 0.5) is 20.2 Å². The van der Waals surface area contributed by atoms with Crippen LogP contribution in [0.2, 0.25) is 5.02 Å². The molecular weight excluding hydrogens is 310 g/mol. The molecule has 0 atom stereocenters. The maximum absolute atomic E-state index is 13.3. The topological polar surface area (TPSA) is 72.2 Å². The summed E-state index contributed by atoms with van der Waals surface area (Å²) in [4.78, 5) is -0.329. The van der Waals surface area contributed by atoms with Crippen LogP contribution in [-0.4, -0.2) is 8.42 Å². The molecule has 0 amide bonds. The number of sulfonamides is 1. The molecule has 0 heterocycles. The first-order valence-corrected chi connectivity index (χ1v) is 7.18. The number of rotatable bonds is 3. The standard InChI is InChI=1S/C12H9ClF2N2O2S/c13-7-3-8(14)5-9(4-7)17-20(18,19)10-1-2-12(16)11(15)6-10/h1-6,17H,16H2. The molecule has 106 valence electrons. The van der Waals surface area contributed by atoms with Crippen LogP contribution in [0.5, 0.6) is 0 Å². The third-order valence-corrected chi connectivity index (χ3v) is 3.99. The van der Waals surface area contributed by atoms with E-state index in [4.69, 9.17) is 17.3 Å². The van der Waals surface area contributed by atoms with Crippen molar-refractivity contribution in [1.82, 2.24) is 0 Å². The third-order valence-electron chi connectivity index (χ3n) is 2.40. The molecule has 0 radical (unpaired) electrons. The highest BCUT2D eigenvalue weighted by molar-refractivity contribution is 7.92. The molecule has 0 unspecified atom stereocenters. The average Bonchev–Trinajstić information content (AvgIpc) is 2.30. The molecular formula is C12H9ClF2N2O2S. The van der Waals surface area contributed by atoms with E-state index in [1.807, 2.05) is 0 Å². The van der Waals surface area contributed by atoms with Gasteiger partial charge in [0.15, 0.2) is 0 Å². The zero-order valence-electron chi connectivity index (χ0n) is 9.90. The van der Waals surface area contributed by atoms with Crippen molar-refractivity contribution < 1.29 is 17.2 Å². The second kappa shape index (κ2) is 5.26. The van der Waals surface area contributed by atoms with Crippen molar-refractivity contribution in [3.8, 4) is 0 Å². The molecule has 2 aromatic carbocycles. The fourth-order valence-electron chi connectivity index (χ4n) is 1.50. The van der Waals surface area contributed by atoms with E-state index in [2.05, 4.69) is 4.72 Å². The molecule has 20 heavy (non-hydrogen) atoms. The largest absolute Gasteiger partial charge is 0.396 e. The van der Waals surface area contributed by atoms with Gasteiger partial charge in [-0.3, -0.25) is 4.72 Å². The molecule has 0 aliphatic heterocycles. The summed E-state index contributed by atoms with van der Waals surface area (Å²) in [6, 6.07) is 6.26. The molecule has 0 bridgehead atoms. The molecule has 0 aliphatic carbocycles. The highest BCUT2D eigenvalue weighted by atomic mass is 35.5. The van der Waals surface area contributed by atoms with E-state index < -0.39 is 21.7 Å². The van der Waals surface area contributed by atoms with Crippen LogP contribution in [0.3, 0.4) is 0 Å². The normalized spacial score (nSPS) is 11.3. The van der Waals surface area contributed by atoms with Gasteiger partial charge >= 0.3 is 0 Å². The van der Waals surface area contributed by atoms with Crippen molar-refractivity contribution >= 4 is 33.0 Å². The Bertz CT molecular complexity index is 746. The lowest BCUT2D eigenvalue weighted by molar-refractivity contribution is 0.596. The number of nitrogens with one attached hydrogen (secondary N) is 1. The molecule has 3 N–H and O–H groups in total. The molecule has 0 aromatic heterocycles. The van der Waals surface area contributed by atoms with Crippen LogP contribution in [-0.2, 0) is 10.0 Å². The van der Waals surface area contributed by atoms with Crippen molar-refractivity contribution in [3.05, 3.63) is 53.1 Å². The number of benzene rings is 2. The van der Waals surface area contributed by atoms with Gasteiger partial charge in [-0.2, -0.15) is 0 Å². The first-order chi connectivity index (χ1) is 9.28. The summed E-state index contributed by atoms with van der Waals surface area (Å²) in [6.07, 6.45) is 0. The van der Waals surface area contributed by atoms with Gasteiger partial charge in [-0.1, -0.05) is 11.6 Å². The summed E-state index contributed by atoms with van der Waals surface area (Å²) in [7, 11) is -4.06. The molecule has 0 fully saturated rings. The summed E-state index contributed by atoms with van der Waals surface area (Å²) in [6.45, 7) is 0. The van der Waals surface area contributed by atoms with Gasteiger partial charge in [0, 0.05) is 5.02 Å². The Morgan fingerprint density at radius 3 is 2.40 bits per heavy atom. The van der Waals surface area contributed by atoms with Crippen LogP contribution in [0.15, 0.2) is 41.3 Å². The van der Waals surface area contributed by atoms with Crippen LogP contribution in [0.25, 0.3) is 0 Å². The highest BCUT2D eigenvalue weighted by Gasteiger charge is 2.16. The molecule has 0 spiro atoms. The lowest BCUT2D eigenvalue weighted by Crippen LogP contribution is -2.13. The minimum absolute atomic E-state index is 0.0335. The van der Waals surface area contributed by atoms with E-state index in [9.17, 15) is 17.2 Å². The maximum atomic E-state index is 13.3. The minimum Gasteiger partial charge on any atom is -0.396 e. The smallest absolute Gasteiger partial charge is 0.262 e. The first-order valence-electron chi connectivity index (χ1n) is 5.32. The first kappa shape index (κ1) is 14.5. The van der Waals surface area contributed by atoms with Crippen molar-refractivity contribution in [2.75, 3.05) is 10.5 Å². The second-order valence-corrected chi connectivity index (χ2v) is 6.07. The quantitative estimate of drug-likeness (QED) is 0.854. The van der Waals surface area contributed by atoms with Crippen molar-refractivity contribution in [2.45, 2.75) is 4.90 Å². The van der Waals surface area contributed by atoms with Gasteiger partial charge in [-0.15, -0.1) is 0 Å². The Morgan fingerprint density at radius 2 is 1.80 bits per heavy atom. The van der Waals surface area contributed by atoms with Gasteiger partial charge in [-0.05, 0) is 36.4 Å². The van der Waals surface area contributed by atoms with Crippen molar-refractivity contribution in [1.29, 1.82) is 0 Å². The molecule has 0 aliphatic rings. The summed E-state index contributed by atoms with van der Waals surface area (Å²) < 4.78 is 52.5. The van der Waals surface area contributed by atoms with Gasteiger partial charge in [0.05, 0.1) is 16.3 Å². The fourth-order valence-corrected chi connectivity index (χ4v) is 2.78. The van der Waals surface area contributed by atoms with Crippen molar-refractivity contribution in [2.24, 2.45) is 0 Å². The lowest BCUT2D eigenvalue weighted by atomic mass is 10.3. The zero-order chi connectivity index (χ0) is 14.9. The molecule has 0 saturated carbocycles. The van der Waals surface area contributed by atoms with Gasteiger partial charge in [0.25, 0.3) is 10.0 Å². The zero-order valence-corrected chi connectivity index (χ0v) is 11.5. The van der Waals surface area contributed by atoms with Gasteiger partial charge in [0.2, 0.25) is 0 Å². The Balaban J connectivity index is 2.37. The number of nitrogen functional groups attached to an aromatic ring is 1. The van der Waals surface area contributed by atoms with Gasteiger partial charge in [0.1, 0.15) is 11.6 Å². The van der Waals surface area contributed by atoms with E-state index in [0.717, 1.165) is 30.3 Å². The van der Waals surface area contributed by atoms with Crippen molar-refractivity contribution in [3.63, 3.8) is 0 Å². The van der Waals surface area contributed by atoms with Crippen LogP contribution in [0.1, 0.15) is 0 Å². The van der Waals surface area contributed by atoms with E-state index in [-0.39, 0.29) is 21.3 Å². The summed E-state index contributed by atoms with van der Waals surface area (Å²) in [5, 5.41) is 0.0335. The Morgan fingerprint density at radius 1 is 1.10 bits per heavy atom. The number of hydrogen-bond acceptors (Lipinski definition) is 3. The fraction of sp³-hybridized carbons (Fsp3) is 0. The Kier molecular flexibility index (Phi) is 3.82. The molecule has 2 aromatic rings. The Labute approximate surface area is 119 Å². The van der Waals surface area contributed by atoms with E-state index in [0.29, 0.717) is 0 Å². The minimum atomic E-state index is -4.06. The van der Waals surface area contributed by atoms with Crippen LogP contribution in [0, 0.1) is 11.6 Å². The Hall–Kier alpha value is -1.86. The lowest BCUT2D eigenvalue weighted by Gasteiger charge is -2.09.